The SMILES string of the molecule is CCC1(C)CCC(NC(=O)c2ccnc(C)c2)CC1. The minimum absolute atomic E-state index is 0.0376. The van der Waals surface area contributed by atoms with Crippen molar-refractivity contribution in [1.82, 2.24) is 10.3 Å². The van der Waals surface area contributed by atoms with Gasteiger partial charge in [0.25, 0.3) is 5.91 Å². The number of aryl methyl sites for hydroxylation is 1. The largest absolute Gasteiger partial charge is 0.349 e. The van der Waals surface area contributed by atoms with E-state index in [0.29, 0.717) is 11.5 Å². The van der Waals surface area contributed by atoms with E-state index in [1.54, 1.807) is 12.3 Å². The second-order valence-electron chi connectivity index (χ2n) is 6.10. The van der Waals surface area contributed by atoms with Crippen molar-refractivity contribution in [3.05, 3.63) is 29.6 Å². The molecule has 1 N–H and O–H groups in total. The Morgan fingerprint density at radius 2 is 2.16 bits per heavy atom. The predicted octanol–water partition coefficient (Wildman–Crippen LogP) is 3.48. The topological polar surface area (TPSA) is 42.0 Å². The molecular formula is C16H24N2O. The van der Waals surface area contributed by atoms with Crippen LogP contribution < -0.4 is 5.32 Å². The number of aromatic nitrogens is 1. The summed E-state index contributed by atoms with van der Waals surface area (Å²) in [5.41, 5.74) is 2.08. The normalized spacial score (nSPS) is 27.0. The average Bonchev–Trinajstić information content (AvgIpc) is 2.41. The standard InChI is InChI=1S/C16H24N2O/c1-4-16(3)8-5-14(6-9-16)18-15(19)13-7-10-17-12(2)11-13/h7,10-11,14H,4-6,8-9H2,1-3H3,(H,18,19). The number of pyridine rings is 1. The summed E-state index contributed by atoms with van der Waals surface area (Å²) in [6.07, 6.45) is 7.55. The van der Waals surface area contributed by atoms with Crippen LogP contribution in [0.3, 0.4) is 0 Å². The van der Waals surface area contributed by atoms with Gasteiger partial charge in [0.15, 0.2) is 0 Å². The zero-order valence-corrected chi connectivity index (χ0v) is 12.2. The first-order valence-corrected chi connectivity index (χ1v) is 7.26. The Morgan fingerprint density at radius 1 is 1.47 bits per heavy atom. The van der Waals surface area contributed by atoms with Crippen molar-refractivity contribution in [2.45, 2.75) is 58.9 Å². The predicted molar refractivity (Wildman–Crippen MR) is 77.1 cm³/mol. The van der Waals surface area contributed by atoms with Crippen LogP contribution in [-0.2, 0) is 0 Å². The molecule has 3 nitrogen and oxygen atoms in total. The lowest BCUT2D eigenvalue weighted by Gasteiger charge is -2.36. The number of hydrogen-bond donors (Lipinski definition) is 1. The lowest BCUT2D eigenvalue weighted by Crippen LogP contribution is -2.39. The highest BCUT2D eigenvalue weighted by Crippen LogP contribution is 2.38. The van der Waals surface area contributed by atoms with Crippen LogP contribution in [0.25, 0.3) is 0 Å². The Labute approximate surface area is 115 Å². The van der Waals surface area contributed by atoms with Gasteiger partial charge < -0.3 is 5.32 Å². The van der Waals surface area contributed by atoms with Gasteiger partial charge in [-0.3, -0.25) is 9.78 Å². The third kappa shape index (κ3) is 3.55. The van der Waals surface area contributed by atoms with Crippen molar-refractivity contribution in [1.29, 1.82) is 0 Å². The van der Waals surface area contributed by atoms with Gasteiger partial charge in [0, 0.05) is 23.5 Å². The van der Waals surface area contributed by atoms with Crippen molar-refractivity contribution in [3.8, 4) is 0 Å². The molecule has 0 aliphatic heterocycles. The maximum absolute atomic E-state index is 12.2. The molecular weight excluding hydrogens is 236 g/mol. The van der Waals surface area contributed by atoms with Crippen LogP contribution in [-0.4, -0.2) is 16.9 Å². The monoisotopic (exact) mass is 260 g/mol. The van der Waals surface area contributed by atoms with E-state index in [0.717, 1.165) is 24.1 Å². The van der Waals surface area contributed by atoms with Gasteiger partial charge in [-0.25, -0.2) is 0 Å². The molecule has 1 saturated carbocycles. The van der Waals surface area contributed by atoms with Gasteiger partial charge in [0.05, 0.1) is 0 Å². The van der Waals surface area contributed by atoms with Crippen molar-refractivity contribution < 1.29 is 4.79 Å². The van der Waals surface area contributed by atoms with Gasteiger partial charge in [-0.05, 0) is 50.2 Å². The lowest BCUT2D eigenvalue weighted by molar-refractivity contribution is 0.0901. The Bertz CT molecular complexity index is 448. The Balaban J connectivity index is 1.91. The number of nitrogens with one attached hydrogen (secondary N) is 1. The maximum Gasteiger partial charge on any atom is 0.251 e. The summed E-state index contributed by atoms with van der Waals surface area (Å²) in [6, 6.07) is 3.95. The van der Waals surface area contributed by atoms with E-state index < -0.39 is 0 Å². The lowest BCUT2D eigenvalue weighted by atomic mass is 9.72. The van der Waals surface area contributed by atoms with Gasteiger partial charge in [-0.1, -0.05) is 20.3 Å². The first-order valence-electron chi connectivity index (χ1n) is 7.26. The summed E-state index contributed by atoms with van der Waals surface area (Å²) in [4.78, 5) is 16.3. The van der Waals surface area contributed by atoms with Crippen LogP contribution in [0.5, 0.6) is 0 Å². The molecule has 1 aromatic rings. The maximum atomic E-state index is 12.2. The second kappa shape index (κ2) is 5.72. The smallest absolute Gasteiger partial charge is 0.251 e. The fourth-order valence-corrected chi connectivity index (χ4v) is 2.77. The van der Waals surface area contributed by atoms with E-state index in [9.17, 15) is 4.79 Å². The summed E-state index contributed by atoms with van der Waals surface area (Å²) >= 11 is 0. The molecule has 0 radical (unpaired) electrons. The molecule has 3 heteroatoms. The number of nitrogens with zero attached hydrogens (tertiary/aromatic N) is 1. The van der Waals surface area contributed by atoms with E-state index in [1.165, 1.54) is 19.3 Å². The molecule has 1 amide bonds. The third-order valence-corrected chi connectivity index (χ3v) is 4.54. The molecule has 0 atom stereocenters. The number of rotatable bonds is 3. The molecule has 0 spiro atoms. The zero-order valence-electron chi connectivity index (χ0n) is 12.2. The summed E-state index contributed by atoms with van der Waals surface area (Å²) in [5.74, 6) is 0.0376. The summed E-state index contributed by atoms with van der Waals surface area (Å²) < 4.78 is 0. The van der Waals surface area contributed by atoms with E-state index in [-0.39, 0.29) is 5.91 Å². The molecule has 1 fully saturated rings. The van der Waals surface area contributed by atoms with Gasteiger partial charge in [0.2, 0.25) is 0 Å². The van der Waals surface area contributed by atoms with E-state index >= 15 is 0 Å². The number of hydrogen-bond acceptors (Lipinski definition) is 2. The number of carbonyl (C=O) groups excluding carboxylic acids is 1. The van der Waals surface area contributed by atoms with Gasteiger partial charge >= 0.3 is 0 Å². The molecule has 0 aromatic carbocycles. The fraction of sp³-hybridized carbons (Fsp3) is 0.625. The molecule has 0 bridgehead atoms. The van der Waals surface area contributed by atoms with Gasteiger partial charge in [-0.2, -0.15) is 0 Å². The van der Waals surface area contributed by atoms with Crippen LogP contribution >= 0.6 is 0 Å². The van der Waals surface area contributed by atoms with Crippen LogP contribution in [0.1, 0.15) is 62.0 Å². The minimum Gasteiger partial charge on any atom is -0.349 e. The highest BCUT2D eigenvalue weighted by atomic mass is 16.1. The van der Waals surface area contributed by atoms with E-state index in [1.807, 2.05) is 13.0 Å². The highest BCUT2D eigenvalue weighted by molar-refractivity contribution is 5.94. The van der Waals surface area contributed by atoms with Gasteiger partial charge in [0.1, 0.15) is 0 Å². The molecule has 2 rings (SSSR count). The molecule has 1 aliphatic carbocycles. The summed E-state index contributed by atoms with van der Waals surface area (Å²) in [6.45, 7) is 6.53. The van der Waals surface area contributed by atoms with E-state index in [2.05, 4.69) is 24.1 Å². The van der Waals surface area contributed by atoms with Crippen molar-refractivity contribution in [3.63, 3.8) is 0 Å². The first kappa shape index (κ1) is 14.0. The first-order chi connectivity index (χ1) is 9.02. The summed E-state index contributed by atoms with van der Waals surface area (Å²) in [5, 5.41) is 3.16. The molecule has 1 aliphatic rings. The second-order valence-corrected chi connectivity index (χ2v) is 6.10. The number of carbonyl (C=O) groups is 1. The Kier molecular flexibility index (Phi) is 4.23. The molecule has 1 heterocycles. The average molecular weight is 260 g/mol. The highest BCUT2D eigenvalue weighted by Gasteiger charge is 2.30. The summed E-state index contributed by atoms with van der Waals surface area (Å²) in [7, 11) is 0. The van der Waals surface area contributed by atoms with Crippen LogP contribution in [0, 0.1) is 12.3 Å². The van der Waals surface area contributed by atoms with Crippen LogP contribution in [0.2, 0.25) is 0 Å². The quantitative estimate of drug-likeness (QED) is 0.904. The molecule has 1 aromatic heterocycles. The zero-order chi connectivity index (χ0) is 13.9. The molecule has 0 unspecified atom stereocenters. The van der Waals surface area contributed by atoms with Gasteiger partial charge in [-0.15, -0.1) is 0 Å². The fourth-order valence-electron chi connectivity index (χ4n) is 2.77. The van der Waals surface area contributed by atoms with E-state index in [4.69, 9.17) is 0 Å². The Hall–Kier alpha value is -1.38. The number of amides is 1. The van der Waals surface area contributed by atoms with Crippen molar-refractivity contribution >= 4 is 5.91 Å². The van der Waals surface area contributed by atoms with Crippen molar-refractivity contribution in [2.75, 3.05) is 0 Å². The molecule has 0 saturated heterocycles. The third-order valence-electron chi connectivity index (χ3n) is 4.54. The minimum atomic E-state index is 0.0376. The van der Waals surface area contributed by atoms with Crippen molar-refractivity contribution in [2.24, 2.45) is 5.41 Å². The van der Waals surface area contributed by atoms with Crippen LogP contribution in [0.15, 0.2) is 18.3 Å². The molecule has 104 valence electrons. The Morgan fingerprint density at radius 3 is 2.74 bits per heavy atom. The van der Waals surface area contributed by atoms with Crippen LogP contribution in [0.4, 0.5) is 0 Å². The molecule has 19 heavy (non-hydrogen) atoms.